The van der Waals surface area contributed by atoms with Crippen molar-refractivity contribution in [2.24, 2.45) is 7.05 Å². The minimum absolute atomic E-state index is 0.114. The largest absolute Gasteiger partial charge is 0.496 e. The highest BCUT2D eigenvalue weighted by Gasteiger charge is 2.16. The lowest BCUT2D eigenvalue weighted by atomic mass is 10.0. The molecule has 2 heterocycles. The van der Waals surface area contributed by atoms with Crippen molar-refractivity contribution in [2.75, 3.05) is 12.4 Å². The summed E-state index contributed by atoms with van der Waals surface area (Å²) in [5, 5.41) is 8.42. The van der Waals surface area contributed by atoms with Gasteiger partial charge < -0.3 is 10.1 Å². The molecule has 4 rings (SSSR count). The molecule has 1 amide bonds. The summed E-state index contributed by atoms with van der Waals surface area (Å²) in [5.41, 5.74) is 3.91. The Labute approximate surface area is 167 Å². The molecule has 0 unspecified atom stereocenters. The molecule has 6 heteroatoms. The number of carbonyl (C=O) groups is 1. The average molecular weight is 391 g/mol. The first-order chi connectivity index (χ1) is 13.5. The highest BCUT2D eigenvalue weighted by Crippen LogP contribution is 2.29. The maximum Gasteiger partial charge on any atom is 0.265 e. The first kappa shape index (κ1) is 18.3. The number of nitrogens with zero attached hydrogens (tertiary/aromatic N) is 2. The molecule has 0 spiro atoms. The summed E-state index contributed by atoms with van der Waals surface area (Å²) >= 11 is 1.45. The van der Waals surface area contributed by atoms with E-state index in [-0.39, 0.29) is 5.91 Å². The number of ether oxygens (including phenoxy) is 1. The van der Waals surface area contributed by atoms with E-state index >= 15 is 0 Å². The van der Waals surface area contributed by atoms with Crippen molar-refractivity contribution in [1.29, 1.82) is 0 Å². The number of methoxy groups -OCH3 is 1. The summed E-state index contributed by atoms with van der Waals surface area (Å²) in [4.78, 5) is 14.4. The molecule has 2 aromatic heterocycles. The molecule has 0 bridgehead atoms. The highest BCUT2D eigenvalue weighted by molar-refractivity contribution is 7.20. The molecular formula is C22H21N3O2S. The lowest BCUT2D eigenvalue weighted by Gasteiger charge is -2.12. The fourth-order valence-electron chi connectivity index (χ4n) is 3.32. The highest BCUT2D eigenvalue weighted by atomic mass is 32.1. The second-order valence-corrected chi connectivity index (χ2v) is 7.71. The monoisotopic (exact) mass is 391 g/mol. The Balaban J connectivity index is 1.59. The summed E-state index contributed by atoms with van der Waals surface area (Å²) in [6.45, 7) is 1.95. The zero-order valence-electron chi connectivity index (χ0n) is 16.0. The topological polar surface area (TPSA) is 56.1 Å². The first-order valence-electron chi connectivity index (χ1n) is 9.00. The van der Waals surface area contributed by atoms with Gasteiger partial charge in [0.1, 0.15) is 10.6 Å². The number of hydrogen-bond acceptors (Lipinski definition) is 4. The fraction of sp³-hybridized carbons (Fsp3) is 0.182. The van der Waals surface area contributed by atoms with Gasteiger partial charge in [-0.2, -0.15) is 5.10 Å². The number of benzene rings is 2. The Hall–Kier alpha value is -3.12. The molecular weight excluding hydrogens is 370 g/mol. The zero-order valence-corrected chi connectivity index (χ0v) is 16.8. The number of aromatic nitrogens is 2. The van der Waals surface area contributed by atoms with Gasteiger partial charge in [-0.25, -0.2) is 0 Å². The van der Waals surface area contributed by atoms with E-state index < -0.39 is 0 Å². The molecule has 28 heavy (non-hydrogen) atoms. The molecule has 0 aliphatic rings. The Bertz CT molecular complexity index is 1110. The summed E-state index contributed by atoms with van der Waals surface area (Å²) in [7, 11) is 3.56. The third kappa shape index (κ3) is 3.51. The second kappa shape index (κ2) is 7.48. The molecule has 2 aromatic carbocycles. The van der Waals surface area contributed by atoms with Crippen molar-refractivity contribution in [2.45, 2.75) is 13.3 Å². The third-order valence-electron chi connectivity index (χ3n) is 4.70. The van der Waals surface area contributed by atoms with Crippen LogP contribution in [0.2, 0.25) is 0 Å². The van der Waals surface area contributed by atoms with Crippen LogP contribution in [0.25, 0.3) is 10.2 Å². The van der Waals surface area contributed by atoms with Crippen LogP contribution in [-0.2, 0) is 13.5 Å². The van der Waals surface area contributed by atoms with Gasteiger partial charge in [-0.15, -0.1) is 11.3 Å². The maximum absolute atomic E-state index is 12.8. The minimum atomic E-state index is -0.114. The molecule has 0 fully saturated rings. The normalized spacial score (nSPS) is 11.0. The molecule has 0 aliphatic heterocycles. The van der Waals surface area contributed by atoms with E-state index in [1.807, 2.05) is 61.1 Å². The SMILES string of the molecule is COc1ccc(NC(=O)c2cc3c(C)nn(C)c3s2)cc1Cc1ccccc1. The van der Waals surface area contributed by atoms with Gasteiger partial charge in [0.05, 0.1) is 17.7 Å². The number of rotatable bonds is 5. The fourth-order valence-corrected chi connectivity index (χ4v) is 4.34. The Morgan fingerprint density at radius 3 is 2.68 bits per heavy atom. The van der Waals surface area contributed by atoms with Crippen molar-refractivity contribution in [3.05, 3.63) is 76.3 Å². The van der Waals surface area contributed by atoms with Gasteiger partial charge in [0, 0.05) is 30.1 Å². The van der Waals surface area contributed by atoms with Gasteiger partial charge in [0.2, 0.25) is 0 Å². The van der Waals surface area contributed by atoms with Crippen molar-refractivity contribution in [3.63, 3.8) is 0 Å². The first-order valence-corrected chi connectivity index (χ1v) is 9.82. The van der Waals surface area contributed by atoms with E-state index in [0.717, 1.165) is 39.3 Å². The zero-order chi connectivity index (χ0) is 19.7. The predicted octanol–water partition coefficient (Wildman–Crippen LogP) is 4.79. The number of hydrogen-bond donors (Lipinski definition) is 1. The summed E-state index contributed by atoms with van der Waals surface area (Å²) in [6.07, 6.45) is 0.738. The standard InChI is InChI=1S/C22H21N3O2S/c1-14-18-13-20(28-22(18)25(2)24-14)21(26)23-17-9-10-19(27-3)16(12-17)11-15-7-5-4-6-8-15/h4-10,12-13H,11H2,1-3H3,(H,23,26). The van der Waals surface area contributed by atoms with Crippen molar-refractivity contribution < 1.29 is 9.53 Å². The molecule has 5 nitrogen and oxygen atoms in total. The number of anilines is 1. The van der Waals surface area contributed by atoms with Crippen molar-refractivity contribution in [3.8, 4) is 5.75 Å². The summed E-state index contributed by atoms with van der Waals surface area (Å²) in [5.74, 6) is 0.696. The molecule has 4 aromatic rings. The molecule has 1 N–H and O–H groups in total. The predicted molar refractivity (Wildman–Crippen MR) is 114 cm³/mol. The minimum Gasteiger partial charge on any atom is -0.496 e. The second-order valence-electron chi connectivity index (χ2n) is 6.68. The number of nitrogens with one attached hydrogen (secondary N) is 1. The van der Waals surface area contributed by atoms with Gasteiger partial charge in [0.15, 0.2) is 0 Å². The van der Waals surface area contributed by atoms with Crippen LogP contribution >= 0.6 is 11.3 Å². The Morgan fingerprint density at radius 1 is 1.18 bits per heavy atom. The molecule has 0 radical (unpaired) electrons. The van der Waals surface area contributed by atoms with Gasteiger partial charge in [-0.3, -0.25) is 9.48 Å². The molecule has 0 saturated heterocycles. The lowest BCUT2D eigenvalue weighted by Crippen LogP contribution is -2.10. The van der Waals surface area contributed by atoms with Crippen molar-refractivity contribution >= 4 is 33.1 Å². The average Bonchev–Trinajstić information content (AvgIpc) is 3.25. The number of fused-ring (bicyclic) bond motifs is 1. The lowest BCUT2D eigenvalue weighted by molar-refractivity contribution is 0.103. The van der Waals surface area contributed by atoms with Crippen LogP contribution in [-0.4, -0.2) is 22.8 Å². The van der Waals surface area contributed by atoms with E-state index in [4.69, 9.17) is 4.74 Å². The number of amides is 1. The maximum atomic E-state index is 12.8. The van der Waals surface area contributed by atoms with Gasteiger partial charge >= 0.3 is 0 Å². The van der Waals surface area contributed by atoms with E-state index in [2.05, 4.69) is 22.5 Å². The van der Waals surface area contributed by atoms with Crippen LogP contribution in [0.1, 0.15) is 26.5 Å². The van der Waals surface area contributed by atoms with Crippen LogP contribution in [0.5, 0.6) is 5.75 Å². The number of aryl methyl sites for hydroxylation is 2. The number of carbonyl (C=O) groups excluding carboxylic acids is 1. The third-order valence-corrected chi connectivity index (χ3v) is 5.90. The smallest absolute Gasteiger partial charge is 0.265 e. The van der Waals surface area contributed by atoms with Crippen LogP contribution in [0.4, 0.5) is 5.69 Å². The van der Waals surface area contributed by atoms with Crippen LogP contribution in [0, 0.1) is 6.92 Å². The van der Waals surface area contributed by atoms with Crippen LogP contribution in [0.15, 0.2) is 54.6 Å². The van der Waals surface area contributed by atoms with Gasteiger partial charge in [-0.05, 0) is 36.8 Å². The Kier molecular flexibility index (Phi) is 4.88. The van der Waals surface area contributed by atoms with Crippen LogP contribution in [0.3, 0.4) is 0 Å². The molecule has 0 atom stereocenters. The molecule has 0 saturated carbocycles. The summed E-state index contributed by atoms with van der Waals surface area (Å²) < 4.78 is 7.31. The van der Waals surface area contributed by atoms with Crippen molar-refractivity contribution in [1.82, 2.24) is 9.78 Å². The quantitative estimate of drug-likeness (QED) is 0.532. The van der Waals surface area contributed by atoms with Gasteiger partial charge in [-0.1, -0.05) is 30.3 Å². The van der Waals surface area contributed by atoms with E-state index in [0.29, 0.717) is 4.88 Å². The van der Waals surface area contributed by atoms with Crippen LogP contribution < -0.4 is 10.1 Å². The molecule has 0 aliphatic carbocycles. The Morgan fingerprint density at radius 2 is 1.96 bits per heavy atom. The van der Waals surface area contributed by atoms with E-state index in [9.17, 15) is 4.79 Å². The van der Waals surface area contributed by atoms with E-state index in [1.165, 1.54) is 16.9 Å². The number of thiophene rings is 1. The van der Waals surface area contributed by atoms with E-state index in [1.54, 1.807) is 7.11 Å². The summed E-state index contributed by atoms with van der Waals surface area (Å²) in [6, 6.07) is 17.8. The molecule has 142 valence electrons. The van der Waals surface area contributed by atoms with Gasteiger partial charge in [0.25, 0.3) is 5.91 Å².